The normalized spacial score (nSPS) is 11.0. The molecule has 1 aromatic heterocycles. The highest BCUT2D eigenvalue weighted by molar-refractivity contribution is 7.99. The van der Waals surface area contributed by atoms with Gasteiger partial charge in [0, 0.05) is 15.5 Å². The topological polar surface area (TPSA) is 54.6 Å². The molecule has 0 bridgehead atoms. The minimum absolute atomic E-state index is 0.317. The number of nitrogens with zero attached hydrogens (tertiary/aromatic N) is 1. The van der Waals surface area contributed by atoms with Crippen LogP contribution in [0.4, 0.5) is 4.39 Å². The molecule has 0 aliphatic rings. The lowest BCUT2D eigenvalue weighted by Gasteiger charge is -1.99. The van der Waals surface area contributed by atoms with Crippen LogP contribution in [-0.2, 0) is 0 Å². The van der Waals surface area contributed by atoms with Crippen LogP contribution < -0.4 is 5.43 Å². The fourth-order valence-corrected chi connectivity index (χ4v) is 2.80. The van der Waals surface area contributed by atoms with E-state index < -0.39 is 11.7 Å². The number of carbonyl (C=O) groups is 1. The highest BCUT2D eigenvalue weighted by atomic mass is 35.5. The number of rotatable bonds is 5. The van der Waals surface area contributed by atoms with Gasteiger partial charge in [-0.2, -0.15) is 5.10 Å². The van der Waals surface area contributed by atoms with Crippen molar-refractivity contribution in [3.8, 4) is 0 Å². The van der Waals surface area contributed by atoms with Crippen molar-refractivity contribution >= 4 is 35.5 Å². The molecule has 7 heteroatoms. The minimum atomic E-state index is -0.432. The Balaban J connectivity index is 1.57. The van der Waals surface area contributed by atoms with Gasteiger partial charge in [0.15, 0.2) is 5.09 Å². The third-order valence-electron chi connectivity index (χ3n) is 3.10. The third-order valence-corrected chi connectivity index (χ3v) is 4.28. The summed E-state index contributed by atoms with van der Waals surface area (Å²) >= 11 is 7.30. The van der Waals surface area contributed by atoms with Gasteiger partial charge in [-0.15, -0.1) is 0 Å². The van der Waals surface area contributed by atoms with Crippen molar-refractivity contribution in [1.29, 1.82) is 0 Å². The fourth-order valence-electron chi connectivity index (χ4n) is 1.90. The van der Waals surface area contributed by atoms with Gasteiger partial charge < -0.3 is 4.42 Å². The van der Waals surface area contributed by atoms with Gasteiger partial charge in [-0.3, -0.25) is 4.79 Å². The van der Waals surface area contributed by atoms with E-state index in [-0.39, 0.29) is 0 Å². The van der Waals surface area contributed by atoms with Crippen LogP contribution in [-0.4, -0.2) is 12.1 Å². The maximum atomic E-state index is 12.8. The summed E-state index contributed by atoms with van der Waals surface area (Å²) in [6.45, 7) is 0. The first-order chi connectivity index (χ1) is 12.1. The zero-order valence-corrected chi connectivity index (χ0v) is 14.4. The Morgan fingerprint density at radius 1 is 1.08 bits per heavy atom. The molecule has 0 spiro atoms. The standard InChI is InChI=1S/C18H12ClFN2O2S/c19-13-3-8-16(9-4-13)25-17-10-7-15(24-17)11-21-22-18(23)12-1-5-14(20)6-2-12/h1-11H,(H,22,23)/b21-11-. The van der Waals surface area contributed by atoms with Crippen LogP contribution in [0.3, 0.4) is 0 Å². The lowest BCUT2D eigenvalue weighted by Crippen LogP contribution is -2.17. The molecule has 1 N–H and O–H groups in total. The van der Waals surface area contributed by atoms with E-state index in [0.29, 0.717) is 21.4 Å². The summed E-state index contributed by atoms with van der Waals surface area (Å²) in [5, 5.41) is 5.20. The Bertz CT molecular complexity index is 892. The second-order valence-corrected chi connectivity index (χ2v) is 6.43. The van der Waals surface area contributed by atoms with E-state index in [2.05, 4.69) is 10.5 Å². The number of hydrazone groups is 1. The maximum absolute atomic E-state index is 12.8. The molecule has 0 radical (unpaired) electrons. The van der Waals surface area contributed by atoms with Crippen molar-refractivity contribution in [1.82, 2.24) is 5.43 Å². The smallest absolute Gasteiger partial charge is 0.271 e. The predicted molar refractivity (Wildman–Crippen MR) is 95.7 cm³/mol. The van der Waals surface area contributed by atoms with Crippen molar-refractivity contribution in [2.24, 2.45) is 5.10 Å². The first kappa shape index (κ1) is 17.3. The lowest BCUT2D eigenvalue weighted by molar-refractivity contribution is 0.0955. The Hall–Kier alpha value is -2.57. The average molecular weight is 375 g/mol. The second-order valence-electron chi connectivity index (χ2n) is 4.92. The van der Waals surface area contributed by atoms with E-state index >= 15 is 0 Å². The van der Waals surface area contributed by atoms with Crippen molar-refractivity contribution in [3.63, 3.8) is 0 Å². The summed E-state index contributed by atoms with van der Waals surface area (Å²) in [6, 6.07) is 16.1. The lowest BCUT2D eigenvalue weighted by atomic mass is 10.2. The molecule has 0 saturated heterocycles. The summed E-state index contributed by atoms with van der Waals surface area (Å²) in [6.07, 6.45) is 1.40. The summed E-state index contributed by atoms with van der Waals surface area (Å²) in [5.41, 5.74) is 2.68. The van der Waals surface area contributed by atoms with Gasteiger partial charge in [0.05, 0.1) is 6.21 Å². The summed E-state index contributed by atoms with van der Waals surface area (Å²) in [7, 11) is 0. The highest BCUT2D eigenvalue weighted by Crippen LogP contribution is 2.29. The van der Waals surface area contributed by atoms with Crippen molar-refractivity contribution < 1.29 is 13.6 Å². The van der Waals surface area contributed by atoms with E-state index in [1.54, 1.807) is 18.2 Å². The molecular formula is C18H12ClFN2O2S. The third kappa shape index (κ3) is 4.95. The van der Waals surface area contributed by atoms with Gasteiger partial charge >= 0.3 is 0 Å². The maximum Gasteiger partial charge on any atom is 0.271 e. The monoisotopic (exact) mass is 374 g/mol. The molecule has 0 fully saturated rings. The van der Waals surface area contributed by atoms with E-state index in [0.717, 1.165) is 4.90 Å². The van der Waals surface area contributed by atoms with E-state index in [1.807, 2.05) is 18.2 Å². The van der Waals surface area contributed by atoms with Crippen LogP contribution in [0.15, 0.2) is 80.2 Å². The Labute approximate surface area is 152 Å². The van der Waals surface area contributed by atoms with Crippen molar-refractivity contribution in [2.45, 2.75) is 9.99 Å². The van der Waals surface area contributed by atoms with Crippen LogP contribution in [0.2, 0.25) is 5.02 Å². The number of hydrogen-bond donors (Lipinski definition) is 1. The quantitative estimate of drug-likeness (QED) is 0.505. The van der Waals surface area contributed by atoms with Crippen LogP contribution >= 0.6 is 23.4 Å². The molecule has 3 rings (SSSR count). The largest absolute Gasteiger partial charge is 0.448 e. The van der Waals surface area contributed by atoms with Crippen LogP contribution in [0, 0.1) is 5.82 Å². The number of benzene rings is 2. The summed E-state index contributed by atoms with van der Waals surface area (Å²) in [5.74, 6) is -0.337. The molecule has 0 saturated carbocycles. The van der Waals surface area contributed by atoms with Crippen LogP contribution in [0.5, 0.6) is 0 Å². The molecule has 0 aliphatic heterocycles. The number of hydrogen-bond acceptors (Lipinski definition) is 4. The summed E-state index contributed by atoms with van der Waals surface area (Å²) in [4.78, 5) is 12.8. The molecule has 4 nitrogen and oxygen atoms in total. The molecule has 0 aliphatic carbocycles. The number of furan rings is 1. The first-order valence-corrected chi connectivity index (χ1v) is 8.42. The molecule has 0 unspecified atom stereocenters. The molecule has 2 aromatic carbocycles. The van der Waals surface area contributed by atoms with E-state index in [9.17, 15) is 9.18 Å². The van der Waals surface area contributed by atoms with Gasteiger partial charge in [-0.1, -0.05) is 23.4 Å². The Kier molecular flexibility index (Phi) is 5.53. The first-order valence-electron chi connectivity index (χ1n) is 7.22. The minimum Gasteiger partial charge on any atom is -0.448 e. The number of halogens is 2. The zero-order valence-electron chi connectivity index (χ0n) is 12.8. The zero-order chi connectivity index (χ0) is 17.6. The number of carbonyl (C=O) groups excluding carboxylic acids is 1. The Morgan fingerprint density at radius 3 is 2.52 bits per heavy atom. The molecule has 1 heterocycles. The van der Waals surface area contributed by atoms with Gasteiger partial charge in [-0.05, 0) is 60.7 Å². The average Bonchev–Trinajstić information content (AvgIpc) is 3.05. The predicted octanol–water partition coefficient (Wildman–Crippen LogP) is 4.99. The second kappa shape index (κ2) is 8.00. The SMILES string of the molecule is O=C(N/N=C\c1ccc(Sc2ccc(Cl)cc2)o1)c1ccc(F)cc1. The van der Waals surface area contributed by atoms with Crippen molar-refractivity contribution in [2.75, 3.05) is 0 Å². The molecule has 126 valence electrons. The van der Waals surface area contributed by atoms with E-state index in [4.69, 9.17) is 16.0 Å². The fraction of sp³-hybridized carbons (Fsp3) is 0. The molecule has 1 amide bonds. The molecule has 3 aromatic rings. The molecule has 25 heavy (non-hydrogen) atoms. The van der Waals surface area contributed by atoms with E-state index in [1.165, 1.54) is 42.2 Å². The molecular weight excluding hydrogens is 363 g/mol. The van der Waals surface area contributed by atoms with Crippen molar-refractivity contribution in [3.05, 3.63) is 82.8 Å². The van der Waals surface area contributed by atoms with Gasteiger partial charge in [0.1, 0.15) is 11.6 Å². The van der Waals surface area contributed by atoms with Crippen LogP contribution in [0.25, 0.3) is 0 Å². The highest BCUT2D eigenvalue weighted by Gasteiger charge is 2.05. The Morgan fingerprint density at radius 2 is 1.80 bits per heavy atom. The summed E-state index contributed by atoms with van der Waals surface area (Å²) < 4.78 is 18.4. The van der Waals surface area contributed by atoms with Gasteiger partial charge in [0.2, 0.25) is 0 Å². The van der Waals surface area contributed by atoms with Crippen LogP contribution in [0.1, 0.15) is 16.1 Å². The molecule has 0 atom stereocenters. The number of amides is 1. The van der Waals surface area contributed by atoms with Gasteiger partial charge in [-0.25, -0.2) is 9.82 Å². The number of nitrogens with one attached hydrogen (secondary N) is 1. The van der Waals surface area contributed by atoms with Gasteiger partial charge in [0.25, 0.3) is 5.91 Å².